The highest BCUT2D eigenvalue weighted by molar-refractivity contribution is 9.10. The van der Waals surface area contributed by atoms with Crippen molar-refractivity contribution < 1.29 is 14.6 Å². The smallest absolute Gasteiger partial charge is 0.327 e. The molecule has 0 aliphatic carbocycles. The van der Waals surface area contributed by atoms with Gasteiger partial charge in [0.15, 0.2) is 0 Å². The van der Waals surface area contributed by atoms with Gasteiger partial charge in [0.2, 0.25) is 0 Å². The summed E-state index contributed by atoms with van der Waals surface area (Å²) in [6.07, 6.45) is 0. The largest absolute Gasteiger partial charge is 0.468 e. The molecule has 0 aliphatic heterocycles. The summed E-state index contributed by atoms with van der Waals surface area (Å²) in [7, 11) is 3.16. The van der Waals surface area contributed by atoms with Gasteiger partial charge in [0.05, 0.1) is 12.7 Å². The topological polar surface area (TPSA) is 49.8 Å². The monoisotopic (exact) mass is 329 g/mol. The summed E-state index contributed by atoms with van der Waals surface area (Å²) >= 11 is 3.39. The van der Waals surface area contributed by atoms with Crippen molar-refractivity contribution in [3.05, 3.63) is 34.3 Å². The lowest BCUT2D eigenvalue weighted by Crippen LogP contribution is -2.41. The highest BCUT2D eigenvalue weighted by Crippen LogP contribution is 2.25. The van der Waals surface area contributed by atoms with Crippen LogP contribution in [0.3, 0.4) is 0 Å². The van der Waals surface area contributed by atoms with E-state index in [9.17, 15) is 9.90 Å². The fraction of sp³-hybridized carbons (Fsp3) is 0.500. The summed E-state index contributed by atoms with van der Waals surface area (Å²) in [6, 6.07) is 6.98. The average molecular weight is 330 g/mol. The highest BCUT2D eigenvalue weighted by Gasteiger charge is 2.29. The molecule has 1 N–H and O–H groups in total. The van der Waals surface area contributed by atoms with Crippen LogP contribution in [0.1, 0.15) is 25.5 Å². The number of aliphatic hydroxyl groups is 1. The van der Waals surface area contributed by atoms with Crippen molar-refractivity contribution in [1.29, 1.82) is 0 Å². The molecule has 1 aromatic carbocycles. The molecule has 0 saturated heterocycles. The lowest BCUT2D eigenvalue weighted by molar-refractivity contribution is -0.147. The number of rotatable bonds is 5. The Kier molecular flexibility index (Phi) is 5.52. The first-order valence-electron chi connectivity index (χ1n) is 6.00. The van der Waals surface area contributed by atoms with Gasteiger partial charge in [-0.15, -0.1) is 0 Å². The van der Waals surface area contributed by atoms with E-state index in [4.69, 9.17) is 4.74 Å². The number of halogens is 1. The molecule has 0 aromatic heterocycles. The number of carbonyl (C=O) groups excluding carboxylic acids is 1. The molecular weight excluding hydrogens is 310 g/mol. The van der Waals surface area contributed by atoms with Crippen LogP contribution in [0, 0.1) is 0 Å². The molecule has 4 nitrogen and oxygen atoms in total. The van der Waals surface area contributed by atoms with Crippen molar-refractivity contribution in [1.82, 2.24) is 4.90 Å². The first-order chi connectivity index (χ1) is 8.74. The normalized spacial score (nSPS) is 13.4. The quantitative estimate of drug-likeness (QED) is 0.842. The third-order valence-corrected chi connectivity index (χ3v) is 3.16. The second-order valence-corrected chi connectivity index (χ2v) is 6.12. The van der Waals surface area contributed by atoms with Gasteiger partial charge in [0, 0.05) is 11.0 Å². The van der Waals surface area contributed by atoms with Gasteiger partial charge in [-0.05, 0) is 38.6 Å². The van der Waals surface area contributed by atoms with Crippen LogP contribution in [0.5, 0.6) is 0 Å². The van der Waals surface area contributed by atoms with Crippen molar-refractivity contribution in [2.24, 2.45) is 0 Å². The first kappa shape index (κ1) is 16.1. The molecule has 0 bridgehead atoms. The Morgan fingerprint density at radius 3 is 2.63 bits per heavy atom. The van der Waals surface area contributed by atoms with Crippen LogP contribution >= 0.6 is 15.9 Å². The van der Waals surface area contributed by atoms with Gasteiger partial charge in [0.25, 0.3) is 0 Å². The van der Waals surface area contributed by atoms with Gasteiger partial charge in [0.1, 0.15) is 6.04 Å². The molecule has 0 aliphatic rings. The Labute approximate surface area is 122 Å². The zero-order chi connectivity index (χ0) is 14.6. The number of carbonyl (C=O) groups is 1. The molecule has 1 rings (SSSR count). The van der Waals surface area contributed by atoms with E-state index in [0.29, 0.717) is 6.54 Å². The SMILES string of the molecule is COC(=O)C(c1cccc(Br)c1)N(C)CC(C)(C)O. The molecule has 19 heavy (non-hydrogen) atoms. The summed E-state index contributed by atoms with van der Waals surface area (Å²) in [6.45, 7) is 3.77. The van der Waals surface area contributed by atoms with Crippen LogP contribution in [0.25, 0.3) is 0 Å². The molecule has 0 amide bonds. The van der Waals surface area contributed by atoms with Crippen LogP contribution in [0.15, 0.2) is 28.7 Å². The lowest BCUT2D eigenvalue weighted by Gasteiger charge is -2.31. The third kappa shape index (κ3) is 4.93. The third-order valence-electron chi connectivity index (χ3n) is 2.67. The molecule has 0 saturated carbocycles. The van der Waals surface area contributed by atoms with Gasteiger partial charge in [-0.3, -0.25) is 4.90 Å². The zero-order valence-corrected chi connectivity index (χ0v) is 13.3. The molecule has 0 heterocycles. The maximum absolute atomic E-state index is 12.0. The highest BCUT2D eigenvalue weighted by atomic mass is 79.9. The van der Waals surface area contributed by atoms with Gasteiger partial charge in [-0.1, -0.05) is 28.1 Å². The van der Waals surface area contributed by atoms with Gasteiger partial charge >= 0.3 is 5.97 Å². The Morgan fingerprint density at radius 1 is 1.53 bits per heavy atom. The number of ether oxygens (including phenoxy) is 1. The average Bonchev–Trinajstić information content (AvgIpc) is 2.26. The number of hydrogen-bond acceptors (Lipinski definition) is 4. The molecule has 0 spiro atoms. The van der Waals surface area contributed by atoms with Crippen molar-refractivity contribution in [3.63, 3.8) is 0 Å². The molecule has 1 aromatic rings. The minimum Gasteiger partial charge on any atom is -0.468 e. The second-order valence-electron chi connectivity index (χ2n) is 5.21. The lowest BCUT2D eigenvalue weighted by atomic mass is 10.0. The summed E-state index contributed by atoms with van der Waals surface area (Å²) in [5, 5.41) is 9.89. The summed E-state index contributed by atoms with van der Waals surface area (Å²) in [5.41, 5.74) is -0.0551. The van der Waals surface area contributed by atoms with Crippen LogP contribution in [-0.4, -0.2) is 42.3 Å². The second kappa shape index (κ2) is 6.50. The van der Waals surface area contributed by atoms with Crippen LogP contribution in [0.2, 0.25) is 0 Å². The van der Waals surface area contributed by atoms with E-state index in [1.807, 2.05) is 24.3 Å². The van der Waals surface area contributed by atoms with Gasteiger partial charge in [-0.25, -0.2) is 4.79 Å². The van der Waals surface area contributed by atoms with E-state index in [0.717, 1.165) is 10.0 Å². The minimum absolute atomic E-state index is 0.343. The summed E-state index contributed by atoms with van der Waals surface area (Å²) in [4.78, 5) is 13.8. The fourth-order valence-electron chi connectivity index (χ4n) is 2.06. The number of esters is 1. The molecule has 1 atom stereocenters. The predicted octanol–water partition coefficient (Wildman–Crippen LogP) is 2.37. The van der Waals surface area contributed by atoms with E-state index < -0.39 is 11.6 Å². The van der Waals surface area contributed by atoms with Gasteiger partial charge in [-0.2, -0.15) is 0 Å². The molecule has 1 unspecified atom stereocenters. The number of benzene rings is 1. The number of methoxy groups -OCH3 is 1. The summed E-state index contributed by atoms with van der Waals surface area (Å²) < 4.78 is 5.76. The van der Waals surface area contributed by atoms with E-state index >= 15 is 0 Å². The summed E-state index contributed by atoms with van der Waals surface area (Å²) in [5.74, 6) is -0.343. The number of hydrogen-bond donors (Lipinski definition) is 1. The predicted molar refractivity (Wildman–Crippen MR) is 77.8 cm³/mol. The standard InChI is InChI=1S/C14H20BrNO3/c1-14(2,18)9-16(3)12(13(17)19-4)10-6-5-7-11(15)8-10/h5-8,12,18H,9H2,1-4H3. The first-order valence-corrected chi connectivity index (χ1v) is 6.80. The molecular formula is C14H20BrNO3. The van der Waals surface area contributed by atoms with E-state index in [2.05, 4.69) is 15.9 Å². The molecule has 5 heteroatoms. The van der Waals surface area contributed by atoms with Crippen molar-refractivity contribution >= 4 is 21.9 Å². The van der Waals surface area contributed by atoms with E-state index in [1.54, 1.807) is 25.8 Å². The number of likely N-dealkylation sites (N-methyl/N-ethyl adjacent to an activating group) is 1. The number of nitrogens with zero attached hydrogens (tertiary/aromatic N) is 1. The van der Waals surface area contributed by atoms with Crippen molar-refractivity contribution in [2.45, 2.75) is 25.5 Å². The fourth-order valence-corrected chi connectivity index (χ4v) is 2.48. The molecule has 0 radical (unpaired) electrons. The Balaban J connectivity index is 3.05. The van der Waals surface area contributed by atoms with Gasteiger partial charge < -0.3 is 9.84 Å². The van der Waals surface area contributed by atoms with Crippen molar-refractivity contribution in [2.75, 3.05) is 20.7 Å². The van der Waals surface area contributed by atoms with Crippen molar-refractivity contribution in [3.8, 4) is 0 Å². The zero-order valence-electron chi connectivity index (χ0n) is 11.7. The molecule has 106 valence electrons. The van der Waals surface area contributed by atoms with E-state index in [1.165, 1.54) is 7.11 Å². The van der Waals surface area contributed by atoms with Crippen LogP contribution < -0.4 is 0 Å². The Bertz CT molecular complexity index is 443. The van der Waals surface area contributed by atoms with E-state index in [-0.39, 0.29) is 5.97 Å². The Morgan fingerprint density at radius 2 is 2.16 bits per heavy atom. The molecule has 0 fully saturated rings. The maximum Gasteiger partial charge on any atom is 0.327 e. The maximum atomic E-state index is 12.0. The van der Waals surface area contributed by atoms with Crippen LogP contribution in [-0.2, 0) is 9.53 Å². The minimum atomic E-state index is -0.882. The van der Waals surface area contributed by atoms with Crippen LogP contribution in [0.4, 0.5) is 0 Å². The Hall–Kier alpha value is -0.910.